The van der Waals surface area contributed by atoms with Crippen LogP contribution in [0, 0.1) is 13.8 Å². The molecule has 0 aliphatic carbocycles. The Morgan fingerprint density at radius 3 is 2.65 bits per heavy atom. The largest absolute Gasteiger partial charge is 0.508 e. The predicted molar refractivity (Wildman–Crippen MR) is 106 cm³/mol. The SMILES string of the molecule is CC[C@H](C)N(C)c1cc2c(N)ncnc2c(-c2c(C)ccc(O)c2C)n1. The van der Waals surface area contributed by atoms with Crippen LogP contribution in [-0.2, 0) is 0 Å². The van der Waals surface area contributed by atoms with Crippen molar-refractivity contribution in [3.05, 3.63) is 35.7 Å². The number of hydrogen-bond acceptors (Lipinski definition) is 6. The van der Waals surface area contributed by atoms with Crippen LogP contribution >= 0.6 is 0 Å². The molecule has 0 spiro atoms. The number of phenolic OH excluding ortho intramolecular Hbond substituents is 1. The fraction of sp³-hybridized carbons (Fsp3) is 0.350. The van der Waals surface area contributed by atoms with Crippen LogP contribution in [-0.4, -0.2) is 33.1 Å². The number of nitrogens with zero attached hydrogens (tertiary/aromatic N) is 4. The van der Waals surface area contributed by atoms with Crippen LogP contribution in [0.2, 0.25) is 0 Å². The second-order valence-corrected chi connectivity index (χ2v) is 6.75. The van der Waals surface area contributed by atoms with Gasteiger partial charge in [0.15, 0.2) is 0 Å². The van der Waals surface area contributed by atoms with Crippen molar-refractivity contribution in [3.63, 3.8) is 0 Å². The molecule has 0 fully saturated rings. The highest BCUT2D eigenvalue weighted by Crippen LogP contribution is 2.37. The van der Waals surface area contributed by atoms with E-state index in [0.717, 1.165) is 34.3 Å². The lowest BCUT2D eigenvalue weighted by Crippen LogP contribution is -2.29. The molecule has 0 bridgehead atoms. The number of benzene rings is 1. The molecule has 0 saturated carbocycles. The fourth-order valence-corrected chi connectivity index (χ4v) is 3.12. The smallest absolute Gasteiger partial charge is 0.134 e. The molecule has 0 radical (unpaired) electrons. The molecule has 3 aromatic rings. The van der Waals surface area contributed by atoms with Crippen molar-refractivity contribution in [3.8, 4) is 17.0 Å². The second kappa shape index (κ2) is 6.78. The van der Waals surface area contributed by atoms with E-state index in [4.69, 9.17) is 10.7 Å². The summed E-state index contributed by atoms with van der Waals surface area (Å²) in [4.78, 5) is 15.6. The number of aryl methyl sites for hydroxylation is 1. The number of anilines is 2. The van der Waals surface area contributed by atoms with Gasteiger partial charge in [-0.1, -0.05) is 13.0 Å². The van der Waals surface area contributed by atoms with Gasteiger partial charge in [0, 0.05) is 29.6 Å². The molecular formula is C20H25N5O. The van der Waals surface area contributed by atoms with E-state index in [2.05, 4.69) is 28.7 Å². The molecule has 0 amide bonds. The number of pyridine rings is 1. The van der Waals surface area contributed by atoms with E-state index < -0.39 is 0 Å². The summed E-state index contributed by atoms with van der Waals surface area (Å²) in [5.74, 6) is 1.47. The van der Waals surface area contributed by atoms with Gasteiger partial charge in [-0.3, -0.25) is 0 Å². The predicted octanol–water partition coefficient (Wildman–Crippen LogP) is 3.83. The summed E-state index contributed by atoms with van der Waals surface area (Å²) in [6.45, 7) is 8.19. The molecule has 2 heterocycles. The highest BCUT2D eigenvalue weighted by atomic mass is 16.3. The van der Waals surface area contributed by atoms with Crippen molar-refractivity contribution >= 4 is 22.5 Å². The number of nitrogens with two attached hydrogens (primary N) is 1. The minimum absolute atomic E-state index is 0.239. The van der Waals surface area contributed by atoms with Crippen LogP contribution in [0.5, 0.6) is 5.75 Å². The zero-order valence-corrected chi connectivity index (χ0v) is 15.9. The first-order valence-electron chi connectivity index (χ1n) is 8.78. The number of rotatable bonds is 4. The molecule has 6 heteroatoms. The lowest BCUT2D eigenvalue weighted by molar-refractivity contribution is 0.471. The molecule has 0 unspecified atom stereocenters. The maximum Gasteiger partial charge on any atom is 0.134 e. The van der Waals surface area contributed by atoms with Crippen LogP contribution in [0.3, 0.4) is 0 Å². The van der Waals surface area contributed by atoms with E-state index in [0.29, 0.717) is 23.1 Å². The Balaban J connectivity index is 2.38. The number of aromatic hydroxyl groups is 1. The van der Waals surface area contributed by atoms with Crippen molar-refractivity contribution in [2.75, 3.05) is 17.7 Å². The Morgan fingerprint density at radius 2 is 1.96 bits per heavy atom. The topological polar surface area (TPSA) is 88.2 Å². The van der Waals surface area contributed by atoms with E-state index >= 15 is 0 Å². The van der Waals surface area contributed by atoms with Crippen LogP contribution in [0.1, 0.15) is 31.4 Å². The number of nitrogen functional groups attached to an aromatic ring is 1. The van der Waals surface area contributed by atoms with Crippen molar-refractivity contribution in [1.82, 2.24) is 15.0 Å². The minimum atomic E-state index is 0.239. The van der Waals surface area contributed by atoms with E-state index in [9.17, 15) is 5.11 Å². The quantitative estimate of drug-likeness (QED) is 0.743. The van der Waals surface area contributed by atoms with Crippen LogP contribution in [0.15, 0.2) is 24.5 Å². The molecule has 3 N–H and O–H groups in total. The van der Waals surface area contributed by atoms with Gasteiger partial charge in [0.2, 0.25) is 0 Å². The second-order valence-electron chi connectivity index (χ2n) is 6.75. The van der Waals surface area contributed by atoms with Gasteiger partial charge in [0.05, 0.1) is 5.69 Å². The number of aromatic nitrogens is 3. The van der Waals surface area contributed by atoms with Crippen molar-refractivity contribution in [1.29, 1.82) is 0 Å². The summed E-state index contributed by atoms with van der Waals surface area (Å²) in [6.07, 6.45) is 2.45. The first-order valence-corrected chi connectivity index (χ1v) is 8.78. The number of fused-ring (bicyclic) bond motifs is 1. The summed E-state index contributed by atoms with van der Waals surface area (Å²) in [6, 6.07) is 5.86. The van der Waals surface area contributed by atoms with E-state index in [1.165, 1.54) is 6.33 Å². The molecule has 1 aromatic carbocycles. The Hall–Kier alpha value is -2.89. The molecule has 26 heavy (non-hydrogen) atoms. The summed E-state index contributed by atoms with van der Waals surface area (Å²) in [5.41, 5.74) is 10.2. The Bertz CT molecular complexity index is 970. The minimum Gasteiger partial charge on any atom is -0.508 e. The summed E-state index contributed by atoms with van der Waals surface area (Å²) < 4.78 is 0. The Kier molecular flexibility index (Phi) is 4.68. The fourth-order valence-electron chi connectivity index (χ4n) is 3.12. The van der Waals surface area contributed by atoms with Gasteiger partial charge >= 0.3 is 0 Å². The first-order chi connectivity index (χ1) is 12.3. The van der Waals surface area contributed by atoms with Crippen molar-refractivity contribution in [2.45, 2.75) is 40.2 Å². The molecular weight excluding hydrogens is 326 g/mol. The van der Waals surface area contributed by atoms with Crippen LogP contribution < -0.4 is 10.6 Å². The first kappa shape index (κ1) is 17.9. The van der Waals surface area contributed by atoms with Crippen molar-refractivity contribution < 1.29 is 5.11 Å². The van der Waals surface area contributed by atoms with Crippen LogP contribution in [0.25, 0.3) is 22.2 Å². The average Bonchev–Trinajstić information content (AvgIpc) is 2.64. The zero-order chi connectivity index (χ0) is 19.0. The van der Waals surface area contributed by atoms with Gasteiger partial charge in [-0.2, -0.15) is 0 Å². The maximum atomic E-state index is 10.2. The number of phenols is 1. The van der Waals surface area contributed by atoms with Crippen molar-refractivity contribution in [2.24, 2.45) is 0 Å². The summed E-state index contributed by atoms with van der Waals surface area (Å²) in [7, 11) is 2.02. The van der Waals surface area contributed by atoms with Gasteiger partial charge in [0.1, 0.15) is 29.2 Å². The van der Waals surface area contributed by atoms with Gasteiger partial charge in [-0.05, 0) is 44.9 Å². The summed E-state index contributed by atoms with van der Waals surface area (Å²) >= 11 is 0. The molecule has 2 aromatic heterocycles. The third kappa shape index (κ3) is 2.92. The molecule has 6 nitrogen and oxygen atoms in total. The maximum absolute atomic E-state index is 10.2. The van der Waals surface area contributed by atoms with E-state index in [1.54, 1.807) is 6.07 Å². The Labute approximate surface area is 153 Å². The van der Waals surface area contributed by atoms with E-state index in [-0.39, 0.29) is 5.75 Å². The third-order valence-corrected chi connectivity index (χ3v) is 5.13. The molecule has 0 aliphatic rings. The Morgan fingerprint density at radius 1 is 1.23 bits per heavy atom. The third-order valence-electron chi connectivity index (χ3n) is 5.13. The molecule has 136 valence electrons. The van der Waals surface area contributed by atoms with Gasteiger partial charge in [0.25, 0.3) is 0 Å². The average molecular weight is 351 g/mol. The van der Waals surface area contributed by atoms with Gasteiger partial charge < -0.3 is 15.7 Å². The van der Waals surface area contributed by atoms with Crippen LogP contribution in [0.4, 0.5) is 11.6 Å². The van der Waals surface area contributed by atoms with Gasteiger partial charge in [-0.15, -0.1) is 0 Å². The monoisotopic (exact) mass is 351 g/mol. The zero-order valence-electron chi connectivity index (χ0n) is 15.9. The van der Waals surface area contributed by atoms with Gasteiger partial charge in [-0.25, -0.2) is 15.0 Å². The molecule has 1 atom stereocenters. The molecule has 3 rings (SSSR count). The lowest BCUT2D eigenvalue weighted by atomic mass is 9.97. The highest BCUT2D eigenvalue weighted by Gasteiger charge is 2.19. The lowest BCUT2D eigenvalue weighted by Gasteiger charge is -2.26. The highest BCUT2D eigenvalue weighted by molar-refractivity contribution is 5.99. The molecule has 0 saturated heterocycles. The standard InChI is InChI=1S/C20H25N5O/c1-6-12(3)25(5)16-9-14-18(22-10-23-20(14)21)19(24-16)17-11(2)7-8-15(26)13(17)4/h7-10,12,26H,6H2,1-5H3,(H2,21,22,23)/t12-/m0/s1. The summed E-state index contributed by atoms with van der Waals surface area (Å²) in [5, 5.41) is 11.0. The molecule has 0 aliphatic heterocycles. The number of hydrogen-bond donors (Lipinski definition) is 2. The van der Waals surface area contributed by atoms with E-state index in [1.807, 2.05) is 33.0 Å². The normalized spacial score (nSPS) is 12.3.